The van der Waals surface area contributed by atoms with E-state index in [0.717, 1.165) is 12.2 Å². The minimum atomic E-state index is -0.360. The number of benzene rings is 1. The lowest BCUT2D eigenvalue weighted by Gasteiger charge is -2.35. The summed E-state index contributed by atoms with van der Waals surface area (Å²) < 4.78 is 26.6. The highest BCUT2D eigenvalue weighted by Gasteiger charge is 2.27. The number of hydrogen-bond acceptors (Lipinski definition) is 3. The number of aromatic nitrogens is 1. The Hall–Kier alpha value is -2.54. The maximum absolute atomic E-state index is 13.8. The Morgan fingerprint density at radius 1 is 1.40 bits per heavy atom. The highest BCUT2D eigenvalue weighted by atomic mass is 19.1. The first-order valence-electron chi connectivity index (χ1n) is 8.35. The predicted octanol–water partition coefficient (Wildman–Crippen LogP) is 2.78. The van der Waals surface area contributed by atoms with Crippen molar-refractivity contribution in [3.63, 3.8) is 0 Å². The fraction of sp³-hybridized carbons (Fsp3) is 0.389. The minimum Gasteiger partial charge on any atom is -0.467 e. The molecule has 132 valence electrons. The number of carbonyl (C=O) groups excluding carboxylic acids is 1. The average molecular weight is 345 g/mol. The SMILES string of the molecule is C[C@H]1c2cccn2CCN1C(=O)NCc1cc(F)cc2c1OCOC2. The molecule has 0 saturated carbocycles. The lowest BCUT2D eigenvalue weighted by Crippen LogP contribution is -2.45. The van der Waals surface area contributed by atoms with E-state index in [1.165, 1.54) is 12.1 Å². The van der Waals surface area contributed by atoms with E-state index in [0.29, 0.717) is 30.0 Å². The number of nitrogens with one attached hydrogen (secondary N) is 1. The standard InChI is InChI=1S/C18H20FN3O3/c1-12-16-3-2-4-21(16)5-6-22(12)18(23)20-9-13-7-15(19)8-14-10-24-11-25-17(13)14/h2-4,7-8,12H,5-6,9-11H2,1H3,(H,20,23)/t12-/m0/s1. The summed E-state index contributed by atoms with van der Waals surface area (Å²) in [6.07, 6.45) is 2.03. The predicted molar refractivity (Wildman–Crippen MR) is 88.5 cm³/mol. The van der Waals surface area contributed by atoms with Crippen molar-refractivity contribution in [3.8, 4) is 5.75 Å². The van der Waals surface area contributed by atoms with E-state index in [1.54, 1.807) is 4.90 Å². The molecule has 1 N–H and O–H groups in total. The molecule has 6 nitrogen and oxygen atoms in total. The summed E-state index contributed by atoms with van der Waals surface area (Å²) in [7, 11) is 0. The molecule has 2 aromatic rings. The number of halogens is 1. The van der Waals surface area contributed by atoms with E-state index in [-0.39, 0.29) is 31.2 Å². The Kier molecular flexibility index (Phi) is 4.09. The molecule has 25 heavy (non-hydrogen) atoms. The van der Waals surface area contributed by atoms with Gasteiger partial charge in [0.1, 0.15) is 11.6 Å². The second kappa shape index (κ2) is 6.40. The second-order valence-electron chi connectivity index (χ2n) is 6.32. The molecule has 1 atom stereocenters. The topological polar surface area (TPSA) is 55.7 Å². The Balaban J connectivity index is 1.47. The first-order chi connectivity index (χ1) is 12.1. The monoisotopic (exact) mass is 345 g/mol. The summed E-state index contributed by atoms with van der Waals surface area (Å²) >= 11 is 0. The fourth-order valence-electron chi connectivity index (χ4n) is 3.52. The molecule has 0 fully saturated rings. The third-order valence-corrected chi connectivity index (χ3v) is 4.78. The van der Waals surface area contributed by atoms with Crippen LogP contribution < -0.4 is 10.1 Å². The van der Waals surface area contributed by atoms with Gasteiger partial charge in [-0.25, -0.2) is 9.18 Å². The third kappa shape index (κ3) is 2.95. The zero-order chi connectivity index (χ0) is 17.4. The van der Waals surface area contributed by atoms with Crippen LogP contribution in [0.25, 0.3) is 0 Å². The number of hydrogen-bond donors (Lipinski definition) is 1. The number of amides is 2. The summed E-state index contributed by atoms with van der Waals surface area (Å²) in [5.74, 6) is 0.245. The highest BCUT2D eigenvalue weighted by molar-refractivity contribution is 5.75. The first-order valence-corrected chi connectivity index (χ1v) is 8.35. The van der Waals surface area contributed by atoms with Crippen LogP contribution in [-0.4, -0.2) is 28.8 Å². The van der Waals surface area contributed by atoms with Crippen LogP contribution in [0.15, 0.2) is 30.5 Å². The number of urea groups is 1. The zero-order valence-electron chi connectivity index (χ0n) is 14.0. The molecule has 0 saturated heterocycles. The van der Waals surface area contributed by atoms with E-state index >= 15 is 0 Å². The van der Waals surface area contributed by atoms with Gasteiger partial charge in [-0.15, -0.1) is 0 Å². The van der Waals surface area contributed by atoms with Crippen LogP contribution in [0.3, 0.4) is 0 Å². The smallest absolute Gasteiger partial charge is 0.318 e. The molecule has 1 aromatic carbocycles. The van der Waals surface area contributed by atoms with Gasteiger partial charge in [0.15, 0.2) is 6.79 Å². The van der Waals surface area contributed by atoms with E-state index in [1.807, 2.05) is 25.3 Å². The summed E-state index contributed by atoms with van der Waals surface area (Å²) in [4.78, 5) is 14.4. The van der Waals surface area contributed by atoms with Crippen molar-refractivity contribution in [2.75, 3.05) is 13.3 Å². The normalized spacial score (nSPS) is 19.0. The molecule has 0 aliphatic carbocycles. The highest BCUT2D eigenvalue weighted by Crippen LogP contribution is 2.30. The van der Waals surface area contributed by atoms with Gasteiger partial charge in [-0.3, -0.25) is 0 Å². The lowest BCUT2D eigenvalue weighted by atomic mass is 10.1. The molecule has 0 bridgehead atoms. The molecule has 2 amide bonds. The summed E-state index contributed by atoms with van der Waals surface area (Å²) in [5, 5.41) is 2.89. The van der Waals surface area contributed by atoms with Crippen molar-refractivity contribution < 1.29 is 18.7 Å². The van der Waals surface area contributed by atoms with Gasteiger partial charge in [0.05, 0.1) is 12.6 Å². The molecule has 1 aromatic heterocycles. The molecular weight excluding hydrogens is 325 g/mol. The number of rotatable bonds is 2. The van der Waals surface area contributed by atoms with Crippen LogP contribution in [0.2, 0.25) is 0 Å². The van der Waals surface area contributed by atoms with E-state index in [9.17, 15) is 9.18 Å². The third-order valence-electron chi connectivity index (χ3n) is 4.78. The molecule has 0 spiro atoms. The summed E-state index contributed by atoms with van der Waals surface area (Å²) in [5.41, 5.74) is 2.41. The van der Waals surface area contributed by atoms with E-state index in [4.69, 9.17) is 9.47 Å². The maximum Gasteiger partial charge on any atom is 0.318 e. The van der Waals surface area contributed by atoms with Gasteiger partial charge in [0.2, 0.25) is 0 Å². The Labute approximate surface area is 145 Å². The molecule has 0 radical (unpaired) electrons. The number of fused-ring (bicyclic) bond motifs is 2. The minimum absolute atomic E-state index is 0.00479. The Morgan fingerprint density at radius 3 is 3.16 bits per heavy atom. The largest absolute Gasteiger partial charge is 0.467 e. The van der Waals surface area contributed by atoms with Gasteiger partial charge in [0, 0.05) is 42.7 Å². The maximum atomic E-state index is 13.8. The van der Waals surface area contributed by atoms with Crippen LogP contribution >= 0.6 is 0 Å². The molecule has 0 unspecified atom stereocenters. The Morgan fingerprint density at radius 2 is 2.28 bits per heavy atom. The van der Waals surface area contributed by atoms with Crippen LogP contribution in [0, 0.1) is 5.82 Å². The molecule has 4 rings (SSSR count). The fourth-order valence-corrected chi connectivity index (χ4v) is 3.52. The Bertz CT molecular complexity index is 805. The van der Waals surface area contributed by atoms with Gasteiger partial charge >= 0.3 is 6.03 Å². The zero-order valence-corrected chi connectivity index (χ0v) is 14.0. The van der Waals surface area contributed by atoms with E-state index < -0.39 is 0 Å². The van der Waals surface area contributed by atoms with E-state index in [2.05, 4.69) is 9.88 Å². The summed E-state index contributed by atoms with van der Waals surface area (Å²) in [6, 6.07) is 6.66. The van der Waals surface area contributed by atoms with Crippen molar-refractivity contribution >= 4 is 6.03 Å². The van der Waals surface area contributed by atoms with Gasteiger partial charge < -0.3 is 24.3 Å². The van der Waals surface area contributed by atoms with Crippen LogP contribution in [0.1, 0.15) is 29.8 Å². The molecule has 7 heteroatoms. The van der Waals surface area contributed by atoms with Crippen molar-refractivity contribution in [1.82, 2.24) is 14.8 Å². The lowest BCUT2D eigenvalue weighted by molar-refractivity contribution is -0.0173. The van der Waals surface area contributed by atoms with Gasteiger partial charge in [-0.05, 0) is 31.2 Å². The molecule has 2 aliphatic rings. The van der Waals surface area contributed by atoms with Crippen molar-refractivity contribution in [2.45, 2.75) is 32.7 Å². The van der Waals surface area contributed by atoms with Crippen molar-refractivity contribution in [3.05, 3.63) is 53.1 Å². The number of nitrogens with zero attached hydrogens (tertiary/aromatic N) is 2. The van der Waals surface area contributed by atoms with Gasteiger partial charge in [-0.2, -0.15) is 0 Å². The van der Waals surface area contributed by atoms with Gasteiger partial charge in [0.25, 0.3) is 0 Å². The second-order valence-corrected chi connectivity index (χ2v) is 6.32. The average Bonchev–Trinajstić information content (AvgIpc) is 3.09. The van der Waals surface area contributed by atoms with Crippen molar-refractivity contribution in [2.24, 2.45) is 0 Å². The van der Waals surface area contributed by atoms with Gasteiger partial charge in [-0.1, -0.05) is 0 Å². The molecular formula is C18H20FN3O3. The first kappa shape index (κ1) is 16.0. The van der Waals surface area contributed by atoms with Crippen LogP contribution in [-0.2, 0) is 24.4 Å². The summed E-state index contributed by atoms with van der Waals surface area (Å²) in [6.45, 7) is 4.09. The molecule has 2 aliphatic heterocycles. The van der Waals surface area contributed by atoms with Crippen molar-refractivity contribution in [1.29, 1.82) is 0 Å². The quantitative estimate of drug-likeness (QED) is 0.911. The number of carbonyl (C=O) groups is 1. The van der Waals surface area contributed by atoms with Crippen LogP contribution in [0.5, 0.6) is 5.75 Å². The van der Waals surface area contributed by atoms with Crippen LogP contribution in [0.4, 0.5) is 9.18 Å². The molecule has 3 heterocycles. The number of ether oxygens (including phenoxy) is 2.